The first kappa shape index (κ1) is 13.5. The molecule has 0 atom stereocenters. The average Bonchev–Trinajstić information content (AvgIpc) is 2.28. The Labute approximate surface area is 102 Å². The fourth-order valence-corrected chi connectivity index (χ4v) is 1.51. The molecular formula is C13H20N2O2. The van der Waals surface area contributed by atoms with E-state index in [1.165, 1.54) is 6.92 Å². The maximum atomic E-state index is 10.9. The highest BCUT2D eigenvalue weighted by molar-refractivity contribution is 5.89. The summed E-state index contributed by atoms with van der Waals surface area (Å²) in [7, 11) is 1.71. The van der Waals surface area contributed by atoms with Crippen molar-refractivity contribution in [2.75, 3.05) is 30.9 Å². The van der Waals surface area contributed by atoms with Crippen LogP contribution in [0.15, 0.2) is 24.3 Å². The third kappa shape index (κ3) is 5.92. The number of ether oxygens (including phenoxy) is 1. The van der Waals surface area contributed by atoms with Gasteiger partial charge in [-0.05, 0) is 31.0 Å². The lowest BCUT2D eigenvalue weighted by atomic mass is 10.2. The molecule has 0 radical (unpaired) electrons. The van der Waals surface area contributed by atoms with Gasteiger partial charge in [0.05, 0.1) is 0 Å². The Morgan fingerprint density at radius 1 is 1.29 bits per heavy atom. The lowest BCUT2D eigenvalue weighted by Crippen LogP contribution is -2.07. The van der Waals surface area contributed by atoms with Crippen LogP contribution in [-0.4, -0.2) is 26.2 Å². The highest BCUT2D eigenvalue weighted by atomic mass is 16.5. The molecule has 0 saturated heterocycles. The summed E-state index contributed by atoms with van der Waals surface area (Å²) in [6.45, 7) is 3.21. The largest absolute Gasteiger partial charge is 0.385 e. The number of methoxy groups -OCH3 is 1. The highest BCUT2D eigenvalue weighted by Gasteiger charge is 1.97. The maximum Gasteiger partial charge on any atom is 0.221 e. The Morgan fingerprint density at radius 3 is 2.76 bits per heavy atom. The normalized spacial score (nSPS) is 10.0. The van der Waals surface area contributed by atoms with Crippen molar-refractivity contribution in [3.8, 4) is 0 Å². The molecule has 4 heteroatoms. The summed E-state index contributed by atoms with van der Waals surface area (Å²) in [6.07, 6.45) is 2.12. The van der Waals surface area contributed by atoms with Crippen LogP contribution in [0.5, 0.6) is 0 Å². The third-order valence-corrected chi connectivity index (χ3v) is 2.29. The number of anilines is 2. The first-order chi connectivity index (χ1) is 8.22. The third-order valence-electron chi connectivity index (χ3n) is 2.29. The van der Waals surface area contributed by atoms with Crippen LogP contribution in [0.25, 0.3) is 0 Å². The van der Waals surface area contributed by atoms with Crippen LogP contribution in [0.2, 0.25) is 0 Å². The molecule has 17 heavy (non-hydrogen) atoms. The topological polar surface area (TPSA) is 50.4 Å². The van der Waals surface area contributed by atoms with Crippen molar-refractivity contribution in [1.29, 1.82) is 0 Å². The summed E-state index contributed by atoms with van der Waals surface area (Å²) in [6, 6.07) is 7.71. The molecule has 0 bridgehead atoms. The number of carbonyl (C=O) groups excluding carboxylic acids is 1. The van der Waals surface area contributed by atoms with Gasteiger partial charge >= 0.3 is 0 Å². The van der Waals surface area contributed by atoms with E-state index in [4.69, 9.17) is 4.74 Å². The summed E-state index contributed by atoms with van der Waals surface area (Å²) in [4.78, 5) is 10.9. The van der Waals surface area contributed by atoms with Crippen molar-refractivity contribution in [3.63, 3.8) is 0 Å². The Bertz CT molecular complexity index is 353. The average molecular weight is 236 g/mol. The second-order valence-electron chi connectivity index (χ2n) is 3.89. The molecule has 0 aliphatic heterocycles. The number of amides is 1. The molecule has 0 fully saturated rings. The molecule has 1 aromatic rings. The van der Waals surface area contributed by atoms with Crippen LogP contribution < -0.4 is 10.6 Å². The van der Waals surface area contributed by atoms with Crippen molar-refractivity contribution in [2.24, 2.45) is 0 Å². The summed E-state index contributed by atoms with van der Waals surface area (Å²) < 4.78 is 4.98. The Balaban J connectivity index is 2.35. The zero-order valence-electron chi connectivity index (χ0n) is 10.5. The molecule has 0 aliphatic rings. The van der Waals surface area contributed by atoms with Gasteiger partial charge in [0.1, 0.15) is 0 Å². The minimum atomic E-state index is -0.0535. The van der Waals surface area contributed by atoms with Gasteiger partial charge in [0.15, 0.2) is 0 Å². The number of rotatable bonds is 7. The zero-order chi connectivity index (χ0) is 12.5. The number of benzene rings is 1. The van der Waals surface area contributed by atoms with Crippen LogP contribution in [0.3, 0.4) is 0 Å². The van der Waals surface area contributed by atoms with Crippen LogP contribution in [0.4, 0.5) is 11.4 Å². The quantitative estimate of drug-likeness (QED) is 0.715. The number of nitrogens with one attached hydrogen (secondary N) is 2. The summed E-state index contributed by atoms with van der Waals surface area (Å²) in [5.41, 5.74) is 1.84. The van der Waals surface area contributed by atoms with E-state index in [1.807, 2.05) is 24.3 Å². The van der Waals surface area contributed by atoms with Crippen molar-refractivity contribution < 1.29 is 9.53 Å². The molecule has 0 saturated carbocycles. The number of carbonyl (C=O) groups is 1. The molecule has 0 spiro atoms. The molecule has 0 unspecified atom stereocenters. The van der Waals surface area contributed by atoms with Crippen LogP contribution in [0.1, 0.15) is 19.8 Å². The summed E-state index contributed by atoms with van der Waals surface area (Å²) in [5.74, 6) is -0.0535. The predicted molar refractivity (Wildman–Crippen MR) is 70.3 cm³/mol. The van der Waals surface area contributed by atoms with E-state index in [1.54, 1.807) is 7.11 Å². The zero-order valence-corrected chi connectivity index (χ0v) is 10.5. The molecule has 0 aliphatic carbocycles. The minimum Gasteiger partial charge on any atom is -0.385 e. The van der Waals surface area contributed by atoms with E-state index in [0.29, 0.717) is 0 Å². The van der Waals surface area contributed by atoms with Crippen molar-refractivity contribution >= 4 is 17.3 Å². The van der Waals surface area contributed by atoms with E-state index < -0.39 is 0 Å². The molecule has 0 aromatic heterocycles. The van der Waals surface area contributed by atoms with Gasteiger partial charge in [-0.15, -0.1) is 0 Å². The predicted octanol–water partition coefficient (Wildman–Crippen LogP) is 2.48. The van der Waals surface area contributed by atoms with Gasteiger partial charge in [-0.1, -0.05) is 6.07 Å². The van der Waals surface area contributed by atoms with E-state index in [9.17, 15) is 4.79 Å². The Morgan fingerprint density at radius 2 is 2.06 bits per heavy atom. The van der Waals surface area contributed by atoms with Gasteiger partial charge in [0.2, 0.25) is 5.91 Å². The highest BCUT2D eigenvalue weighted by Crippen LogP contribution is 2.14. The van der Waals surface area contributed by atoms with Gasteiger partial charge in [0.25, 0.3) is 0 Å². The first-order valence-corrected chi connectivity index (χ1v) is 5.83. The molecular weight excluding hydrogens is 216 g/mol. The second-order valence-corrected chi connectivity index (χ2v) is 3.89. The van der Waals surface area contributed by atoms with Gasteiger partial charge in [-0.25, -0.2) is 0 Å². The molecule has 2 N–H and O–H groups in total. The van der Waals surface area contributed by atoms with Crippen molar-refractivity contribution in [3.05, 3.63) is 24.3 Å². The molecule has 0 heterocycles. The van der Waals surface area contributed by atoms with Crippen LogP contribution in [-0.2, 0) is 9.53 Å². The Kier molecular flexibility index (Phi) is 6.10. The first-order valence-electron chi connectivity index (χ1n) is 5.83. The van der Waals surface area contributed by atoms with E-state index in [0.717, 1.165) is 37.4 Å². The van der Waals surface area contributed by atoms with Gasteiger partial charge in [-0.2, -0.15) is 0 Å². The SMILES string of the molecule is COCCCCNc1cccc(NC(C)=O)c1. The molecule has 1 rings (SSSR count). The number of hydrogen-bond acceptors (Lipinski definition) is 3. The number of hydrogen-bond donors (Lipinski definition) is 2. The smallest absolute Gasteiger partial charge is 0.221 e. The van der Waals surface area contributed by atoms with Gasteiger partial charge in [0, 0.05) is 38.6 Å². The summed E-state index contributed by atoms with van der Waals surface area (Å²) in [5, 5.41) is 6.07. The second kappa shape index (κ2) is 7.68. The van der Waals surface area contributed by atoms with Gasteiger partial charge < -0.3 is 15.4 Å². The van der Waals surface area contributed by atoms with Gasteiger partial charge in [-0.3, -0.25) is 4.79 Å². The number of unbranched alkanes of at least 4 members (excludes halogenated alkanes) is 1. The standard InChI is InChI=1S/C13H20N2O2/c1-11(16)15-13-7-5-6-12(10-13)14-8-3-4-9-17-2/h5-7,10,14H,3-4,8-9H2,1-2H3,(H,15,16). The molecule has 4 nitrogen and oxygen atoms in total. The lowest BCUT2D eigenvalue weighted by Gasteiger charge is -2.08. The van der Waals surface area contributed by atoms with E-state index >= 15 is 0 Å². The Hall–Kier alpha value is -1.55. The van der Waals surface area contributed by atoms with E-state index in [-0.39, 0.29) is 5.91 Å². The maximum absolute atomic E-state index is 10.9. The van der Waals surface area contributed by atoms with Crippen molar-refractivity contribution in [1.82, 2.24) is 0 Å². The van der Waals surface area contributed by atoms with Crippen LogP contribution in [0, 0.1) is 0 Å². The lowest BCUT2D eigenvalue weighted by molar-refractivity contribution is -0.114. The minimum absolute atomic E-state index is 0.0535. The molecule has 1 amide bonds. The van der Waals surface area contributed by atoms with E-state index in [2.05, 4.69) is 10.6 Å². The van der Waals surface area contributed by atoms with Crippen LogP contribution >= 0.6 is 0 Å². The summed E-state index contributed by atoms with van der Waals surface area (Å²) >= 11 is 0. The van der Waals surface area contributed by atoms with Crippen molar-refractivity contribution in [2.45, 2.75) is 19.8 Å². The monoisotopic (exact) mass is 236 g/mol. The fraction of sp³-hybridized carbons (Fsp3) is 0.462. The molecule has 1 aromatic carbocycles. The fourth-order valence-electron chi connectivity index (χ4n) is 1.51. The molecule has 94 valence electrons.